The first kappa shape index (κ1) is 12.7. The molecule has 0 saturated carbocycles. The van der Waals surface area contributed by atoms with Crippen LogP contribution in [0.25, 0.3) is 11.0 Å². The van der Waals surface area contributed by atoms with Crippen LogP contribution in [0.1, 0.15) is 21.5 Å². The van der Waals surface area contributed by atoms with Crippen LogP contribution in [0.5, 0.6) is 0 Å². The number of nitrogens with two attached hydrogens (primary N) is 1. The van der Waals surface area contributed by atoms with Gasteiger partial charge in [-0.25, -0.2) is 4.98 Å². The third kappa shape index (κ3) is 1.85. The van der Waals surface area contributed by atoms with Crippen molar-refractivity contribution in [2.24, 2.45) is 0 Å². The molecule has 20 heavy (non-hydrogen) atoms. The molecule has 3 rings (SSSR count). The van der Waals surface area contributed by atoms with Crippen LogP contribution < -0.4 is 5.73 Å². The quantitative estimate of drug-likeness (QED) is 0.560. The van der Waals surface area contributed by atoms with Gasteiger partial charge in [-0.3, -0.25) is 4.79 Å². The van der Waals surface area contributed by atoms with Gasteiger partial charge < -0.3 is 10.7 Å². The predicted molar refractivity (Wildman–Crippen MR) is 80.1 cm³/mol. The Morgan fingerprint density at radius 3 is 2.90 bits per heavy atom. The summed E-state index contributed by atoms with van der Waals surface area (Å²) in [5, 5.41) is 1.14. The number of fused-ring (bicyclic) bond motifs is 1. The molecular weight excluding hydrogens is 274 g/mol. The summed E-state index contributed by atoms with van der Waals surface area (Å²) in [6.07, 6.45) is 3.23. The average molecular weight is 286 g/mol. The summed E-state index contributed by atoms with van der Waals surface area (Å²) in [4.78, 5) is 19.8. The van der Waals surface area contributed by atoms with Gasteiger partial charge in [0, 0.05) is 29.0 Å². The number of rotatable bonds is 2. The number of nitrogens with one attached hydrogen (secondary N) is 1. The van der Waals surface area contributed by atoms with E-state index in [-0.39, 0.29) is 5.78 Å². The van der Waals surface area contributed by atoms with Gasteiger partial charge >= 0.3 is 0 Å². The van der Waals surface area contributed by atoms with Gasteiger partial charge in [-0.2, -0.15) is 0 Å². The highest BCUT2D eigenvalue weighted by molar-refractivity contribution is 6.37. The fourth-order valence-corrected chi connectivity index (χ4v) is 2.49. The lowest BCUT2D eigenvalue weighted by atomic mass is 9.98. The summed E-state index contributed by atoms with van der Waals surface area (Å²) in [6, 6.07) is 6.97. The summed E-state index contributed by atoms with van der Waals surface area (Å²) in [5.41, 5.74) is 8.90. The van der Waals surface area contributed by atoms with Crippen molar-refractivity contribution in [2.75, 3.05) is 5.73 Å². The van der Waals surface area contributed by atoms with Crippen molar-refractivity contribution in [2.45, 2.75) is 6.92 Å². The van der Waals surface area contributed by atoms with E-state index in [0.717, 1.165) is 5.56 Å². The molecule has 0 radical (unpaired) electrons. The largest absolute Gasteiger partial charge is 0.398 e. The molecule has 2 aromatic heterocycles. The number of nitrogens with zero attached hydrogens (tertiary/aromatic N) is 1. The number of nitrogen functional groups attached to an aromatic ring is 1. The lowest BCUT2D eigenvalue weighted by Crippen LogP contribution is -2.05. The molecule has 0 aliphatic heterocycles. The van der Waals surface area contributed by atoms with E-state index in [0.29, 0.717) is 32.9 Å². The monoisotopic (exact) mass is 285 g/mol. The normalized spacial score (nSPS) is 10.9. The summed E-state index contributed by atoms with van der Waals surface area (Å²) in [6.45, 7) is 1.83. The first-order valence-electron chi connectivity index (χ1n) is 6.11. The average Bonchev–Trinajstić information content (AvgIpc) is 2.86. The number of H-pyrrole nitrogens is 1. The fourth-order valence-electron chi connectivity index (χ4n) is 2.24. The Kier molecular flexibility index (Phi) is 2.95. The number of carbonyl (C=O) groups is 1. The first-order chi connectivity index (χ1) is 9.59. The summed E-state index contributed by atoms with van der Waals surface area (Å²) in [5.74, 6) is -0.115. The van der Waals surface area contributed by atoms with Crippen molar-refractivity contribution in [1.82, 2.24) is 9.97 Å². The topological polar surface area (TPSA) is 71.8 Å². The van der Waals surface area contributed by atoms with Crippen LogP contribution in [0.2, 0.25) is 5.02 Å². The summed E-state index contributed by atoms with van der Waals surface area (Å²) >= 11 is 6.17. The second kappa shape index (κ2) is 4.65. The highest BCUT2D eigenvalue weighted by Crippen LogP contribution is 2.28. The van der Waals surface area contributed by atoms with Gasteiger partial charge in [0.15, 0.2) is 5.78 Å². The van der Waals surface area contributed by atoms with E-state index in [4.69, 9.17) is 17.3 Å². The molecule has 0 unspecified atom stereocenters. The molecule has 3 aromatic rings. The maximum Gasteiger partial charge on any atom is 0.195 e. The van der Waals surface area contributed by atoms with Crippen molar-refractivity contribution in [1.29, 1.82) is 0 Å². The number of ketones is 1. The highest BCUT2D eigenvalue weighted by Gasteiger charge is 2.18. The molecule has 0 atom stereocenters. The van der Waals surface area contributed by atoms with Crippen LogP contribution in [-0.4, -0.2) is 15.8 Å². The van der Waals surface area contributed by atoms with Gasteiger partial charge in [0.1, 0.15) is 5.65 Å². The minimum atomic E-state index is -0.115. The third-order valence-corrected chi connectivity index (χ3v) is 3.70. The zero-order valence-electron chi connectivity index (χ0n) is 10.8. The molecule has 100 valence electrons. The molecule has 1 aromatic carbocycles. The van der Waals surface area contributed by atoms with Gasteiger partial charge in [-0.1, -0.05) is 23.7 Å². The maximum atomic E-state index is 12.7. The predicted octanol–water partition coefficient (Wildman–Crippen LogP) is 3.34. The molecule has 0 fully saturated rings. The Hall–Kier alpha value is -2.33. The van der Waals surface area contributed by atoms with Crippen molar-refractivity contribution in [3.8, 4) is 0 Å². The van der Waals surface area contributed by atoms with E-state index >= 15 is 0 Å². The van der Waals surface area contributed by atoms with Crippen LogP contribution in [0.4, 0.5) is 5.69 Å². The van der Waals surface area contributed by atoms with E-state index < -0.39 is 0 Å². The Bertz CT molecular complexity index is 823. The zero-order valence-corrected chi connectivity index (χ0v) is 11.5. The van der Waals surface area contributed by atoms with Crippen LogP contribution >= 0.6 is 11.6 Å². The summed E-state index contributed by atoms with van der Waals surface area (Å²) < 4.78 is 0. The smallest absolute Gasteiger partial charge is 0.195 e. The lowest BCUT2D eigenvalue weighted by Gasteiger charge is -2.07. The molecule has 2 heterocycles. The van der Waals surface area contributed by atoms with E-state index in [2.05, 4.69) is 9.97 Å². The standard InChI is InChI=1S/C15H12ClN3O/c1-8-9(3-2-4-12(8)17)14(20)10-7-19-15-13(10)11(16)5-6-18-15/h2-7H,17H2,1H3,(H,18,19). The molecule has 5 heteroatoms. The van der Waals surface area contributed by atoms with Crippen LogP contribution in [-0.2, 0) is 0 Å². The molecule has 0 spiro atoms. The number of aromatic nitrogens is 2. The van der Waals surface area contributed by atoms with E-state index in [9.17, 15) is 4.79 Å². The van der Waals surface area contributed by atoms with E-state index in [1.165, 1.54) is 0 Å². The Morgan fingerprint density at radius 2 is 2.10 bits per heavy atom. The second-order valence-electron chi connectivity index (χ2n) is 4.57. The number of hydrogen-bond donors (Lipinski definition) is 2. The molecule has 0 saturated heterocycles. The van der Waals surface area contributed by atoms with Crippen molar-refractivity contribution in [3.05, 3.63) is 58.4 Å². The third-order valence-electron chi connectivity index (χ3n) is 3.39. The minimum absolute atomic E-state index is 0.115. The van der Waals surface area contributed by atoms with Crippen molar-refractivity contribution >= 4 is 34.1 Å². The van der Waals surface area contributed by atoms with E-state index in [1.807, 2.05) is 6.92 Å². The lowest BCUT2D eigenvalue weighted by molar-refractivity contribution is 0.104. The number of anilines is 1. The fraction of sp³-hybridized carbons (Fsp3) is 0.0667. The summed E-state index contributed by atoms with van der Waals surface area (Å²) in [7, 11) is 0. The number of carbonyl (C=O) groups excluding carboxylic acids is 1. The van der Waals surface area contributed by atoms with Gasteiger partial charge in [0.2, 0.25) is 0 Å². The molecule has 0 bridgehead atoms. The Balaban J connectivity index is 2.21. The SMILES string of the molecule is Cc1c(N)cccc1C(=O)c1c[nH]c2nccc(Cl)c12. The molecule has 0 aliphatic carbocycles. The van der Waals surface area contributed by atoms with Gasteiger partial charge in [-0.05, 0) is 24.6 Å². The molecule has 3 N–H and O–H groups in total. The number of pyridine rings is 1. The second-order valence-corrected chi connectivity index (χ2v) is 4.97. The van der Waals surface area contributed by atoms with Crippen molar-refractivity contribution < 1.29 is 4.79 Å². The highest BCUT2D eigenvalue weighted by atomic mass is 35.5. The number of halogens is 1. The first-order valence-corrected chi connectivity index (χ1v) is 6.48. The van der Waals surface area contributed by atoms with Gasteiger partial charge in [-0.15, -0.1) is 0 Å². The van der Waals surface area contributed by atoms with Crippen LogP contribution in [0.15, 0.2) is 36.7 Å². The van der Waals surface area contributed by atoms with Gasteiger partial charge in [0.25, 0.3) is 0 Å². The molecule has 4 nitrogen and oxygen atoms in total. The van der Waals surface area contributed by atoms with Crippen LogP contribution in [0, 0.1) is 6.92 Å². The number of hydrogen-bond acceptors (Lipinski definition) is 3. The number of aromatic amines is 1. The molecular formula is C15H12ClN3O. The van der Waals surface area contributed by atoms with Gasteiger partial charge in [0.05, 0.1) is 10.6 Å². The molecule has 0 aliphatic rings. The van der Waals surface area contributed by atoms with Crippen molar-refractivity contribution in [3.63, 3.8) is 0 Å². The minimum Gasteiger partial charge on any atom is -0.398 e. The maximum absolute atomic E-state index is 12.7. The molecule has 0 amide bonds. The van der Waals surface area contributed by atoms with E-state index in [1.54, 1.807) is 36.7 Å². The number of benzene rings is 1. The Labute approximate surface area is 120 Å². The Morgan fingerprint density at radius 1 is 1.30 bits per heavy atom. The van der Waals surface area contributed by atoms with Crippen LogP contribution in [0.3, 0.4) is 0 Å². The zero-order chi connectivity index (χ0) is 14.3.